The number of hydrogen-bond donors (Lipinski definition) is 2. The second kappa shape index (κ2) is 8.92. The van der Waals surface area contributed by atoms with E-state index in [4.69, 9.17) is 12.2 Å². The van der Waals surface area contributed by atoms with Crippen molar-refractivity contribution >= 4 is 38.9 Å². The van der Waals surface area contributed by atoms with Gasteiger partial charge in [-0.15, -0.1) is 0 Å². The summed E-state index contributed by atoms with van der Waals surface area (Å²) in [6.07, 6.45) is 2.18. The number of amides is 1. The van der Waals surface area contributed by atoms with Gasteiger partial charge in [0.15, 0.2) is 5.11 Å². The van der Waals surface area contributed by atoms with Crippen LogP contribution in [0.15, 0.2) is 29.2 Å². The van der Waals surface area contributed by atoms with Crippen LogP contribution >= 0.6 is 12.2 Å². The first kappa shape index (κ1) is 20.8. The molecule has 2 N–H and O–H groups in total. The Morgan fingerprint density at radius 1 is 1.23 bits per heavy atom. The van der Waals surface area contributed by atoms with Crippen LogP contribution in [0.25, 0.3) is 0 Å². The van der Waals surface area contributed by atoms with E-state index in [9.17, 15) is 13.2 Å². The van der Waals surface area contributed by atoms with Crippen LogP contribution in [0.1, 0.15) is 40.0 Å². The van der Waals surface area contributed by atoms with Crippen LogP contribution in [0.3, 0.4) is 0 Å². The molecular formula is C18H27N3O3S2. The Labute approximate surface area is 161 Å². The predicted octanol–water partition coefficient (Wildman–Crippen LogP) is 2.97. The predicted molar refractivity (Wildman–Crippen MR) is 107 cm³/mol. The van der Waals surface area contributed by atoms with Gasteiger partial charge in [-0.25, -0.2) is 8.42 Å². The van der Waals surface area contributed by atoms with E-state index in [1.807, 2.05) is 13.8 Å². The van der Waals surface area contributed by atoms with E-state index < -0.39 is 10.0 Å². The molecule has 1 aromatic rings. The number of nitrogens with one attached hydrogen (secondary N) is 2. The Hall–Kier alpha value is -1.51. The normalized spacial score (nSPS) is 16.5. The molecule has 1 fully saturated rings. The quantitative estimate of drug-likeness (QED) is 0.747. The van der Waals surface area contributed by atoms with Crippen molar-refractivity contribution in [1.82, 2.24) is 9.62 Å². The highest BCUT2D eigenvalue weighted by Crippen LogP contribution is 2.24. The molecule has 0 radical (unpaired) electrons. The van der Waals surface area contributed by atoms with E-state index >= 15 is 0 Å². The topological polar surface area (TPSA) is 78.5 Å². The molecule has 1 aliphatic rings. The van der Waals surface area contributed by atoms with E-state index in [-0.39, 0.29) is 21.8 Å². The SMILES string of the molecule is CC(C)CC(=O)NC(=S)Nc1ccc(S(=O)(=O)N2CCC(C)CC2)cc1. The van der Waals surface area contributed by atoms with Gasteiger partial charge in [-0.3, -0.25) is 4.79 Å². The van der Waals surface area contributed by atoms with Crippen LogP contribution in [0.4, 0.5) is 5.69 Å². The number of sulfonamides is 1. The molecule has 0 bridgehead atoms. The molecule has 2 rings (SSSR count). The Bertz CT molecular complexity index is 737. The van der Waals surface area contributed by atoms with Crippen molar-refractivity contribution in [3.8, 4) is 0 Å². The van der Waals surface area contributed by atoms with Gasteiger partial charge in [0.05, 0.1) is 4.90 Å². The lowest BCUT2D eigenvalue weighted by Crippen LogP contribution is -2.37. The smallest absolute Gasteiger partial charge is 0.243 e. The summed E-state index contributed by atoms with van der Waals surface area (Å²) in [7, 11) is -3.46. The minimum Gasteiger partial charge on any atom is -0.332 e. The number of carbonyl (C=O) groups excluding carboxylic acids is 1. The van der Waals surface area contributed by atoms with Crippen LogP contribution in [-0.4, -0.2) is 36.8 Å². The van der Waals surface area contributed by atoms with Crippen LogP contribution in [-0.2, 0) is 14.8 Å². The summed E-state index contributed by atoms with van der Waals surface area (Å²) < 4.78 is 26.9. The monoisotopic (exact) mass is 397 g/mol. The lowest BCUT2D eigenvalue weighted by Gasteiger charge is -2.29. The zero-order valence-corrected chi connectivity index (χ0v) is 17.1. The maximum Gasteiger partial charge on any atom is 0.243 e. The van der Waals surface area contributed by atoms with Crippen molar-refractivity contribution in [3.05, 3.63) is 24.3 Å². The lowest BCUT2D eigenvalue weighted by atomic mass is 10.0. The molecule has 0 atom stereocenters. The number of anilines is 1. The van der Waals surface area contributed by atoms with Gasteiger partial charge in [0.1, 0.15) is 0 Å². The molecule has 0 saturated carbocycles. The Morgan fingerprint density at radius 3 is 2.35 bits per heavy atom. The lowest BCUT2D eigenvalue weighted by molar-refractivity contribution is -0.120. The van der Waals surface area contributed by atoms with Crippen molar-refractivity contribution in [2.45, 2.75) is 44.9 Å². The van der Waals surface area contributed by atoms with Crippen LogP contribution in [0.2, 0.25) is 0 Å². The number of rotatable bonds is 5. The Kier molecular flexibility index (Phi) is 7.14. The summed E-state index contributed by atoms with van der Waals surface area (Å²) in [6.45, 7) is 7.19. The first-order chi connectivity index (χ1) is 12.2. The van der Waals surface area contributed by atoms with Crippen molar-refractivity contribution in [2.75, 3.05) is 18.4 Å². The summed E-state index contributed by atoms with van der Waals surface area (Å²) in [6, 6.07) is 6.43. The van der Waals surface area contributed by atoms with Crippen LogP contribution in [0, 0.1) is 11.8 Å². The van der Waals surface area contributed by atoms with Crippen molar-refractivity contribution in [1.29, 1.82) is 0 Å². The molecule has 0 unspecified atom stereocenters. The van der Waals surface area contributed by atoms with Crippen molar-refractivity contribution in [3.63, 3.8) is 0 Å². The number of benzene rings is 1. The molecule has 1 aliphatic heterocycles. The number of carbonyl (C=O) groups is 1. The minimum absolute atomic E-state index is 0.143. The molecule has 0 spiro atoms. The standard InChI is InChI=1S/C18H27N3O3S2/c1-13(2)12-17(22)20-18(25)19-15-4-6-16(7-5-15)26(23,24)21-10-8-14(3)9-11-21/h4-7,13-14H,8-12H2,1-3H3,(H2,19,20,22,25). The molecule has 1 heterocycles. The second-order valence-corrected chi connectivity index (χ2v) is 9.56. The maximum atomic E-state index is 12.7. The number of nitrogens with zero attached hydrogens (tertiary/aromatic N) is 1. The van der Waals surface area contributed by atoms with E-state index in [0.717, 1.165) is 12.8 Å². The molecule has 1 aromatic carbocycles. The summed E-state index contributed by atoms with van der Waals surface area (Å²) in [5.41, 5.74) is 0.631. The Balaban J connectivity index is 1.97. The molecule has 0 aromatic heterocycles. The first-order valence-electron chi connectivity index (χ1n) is 8.89. The van der Waals surface area contributed by atoms with Gasteiger partial charge in [0.2, 0.25) is 15.9 Å². The van der Waals surface area contributed by atoms with Gasteiger partial charge in [0, 0.05) is 25.2 Å². The summed E-state index contributed by atoms with van der Waals surface area (Å²) in [5, 5.41) is 5.72. The van der Waals surface area contributed by atoms with Gasteiger partial charge in [-0.2, -0.15) is 4.31 Å². The second-order valence-electron chi connectivity index (χ2n) is 7.21. The fourth-order valence-corrected chi connectivity index (χ4v) is 4.50. The van der Waals surface area contributed by atoms with E-state index in [1.54, 1.807) is 28.6 Å². The van der Waals surface area contributed by atoms with Gasteiger partial charge in [-0.05, 0) is 61.2 Å². The molecule has 144 valence electrons. The zero-order chi connectivity index (χ0) is 19.3. The largest absolute Gasteiger partial charge is 0.332 e. The van der Waals surface area contributed by atoms with Crippen LogP contribution < -0.4 is 10.6 Å². The highest BCUT2D eigenvalue weighted by atomic mass is 32.2. The fourth-order valence-electron chi connectivity index (χ4n) is 2.80. The molecule has 0 aliphatic carbocycles. The fraction of sp³-hybridized carbons (Fsp3) is 0.556. The molecular weight excluding hydrogens is 370 g/mol. The maximum absolute atomic E-state index is 12.7. The average molecular weight is 398 g/mol. The highest BCUT2D eigenvalue weighted by Gasteiger charge is 2.27. The number of piperidine rings is 1. The van der Waals surface area contributed by atoms with E-state index in [0.29, 0.717) is 31.1 Å². The van der Waals surface area contributed by atoms with Crippen molar-refractivity contribution < 1.29 is 13.2 Å². The van der Waals surface area contributed by atoms with E-state index in [2.05, 4.69) is 17.6 Å². The zero-order valence-electron chi connectivity index (χ0n) is 15.5. The third kappa shape index (κ3) is 5.75. The third-order valence-corrected chi connectivity index (χ3v) is 6.46. The van der Waals surface area contributed by atoms with Gasteiger partial charge in [0.25, 0.3) is 0 Å². The summed E-state index contributed by atoms with van der Waals surface area (Å²) >= 11 is 5.12. The molecule has 6 nitrogen and oxygen atoms in total. The average Bonchev–Trinajstić information content (AvgIpc) is 2.54. The van der Waals surface area contributed by atoms with Crippen LogP contribution in [0.5, 0.6) is 0 Å². The minimum atomic E-state index is -3.46. The molecule has 1 amide bonds. The first-order valence-corrected chi connectivity index (χ1v) is 10.7. The molecule has 26 heavy (non-hydrogen) atoms. The number of hydrogen-bond acceptors (Lipinski definition) is 4. The van der Waals surface area contributed by atoms with E-state index in [1.165, 1.54) is 0 Å². The van der Waals surface area contributed by atoms with Gasteiger partial charge >= 0.3 is 0 Å². The third-order valence-electron chi connectivity index (χ3n) is 4.34. The van der Waals surface area contributed by atoms with Gasteiger partial charge in [-0.1, -0.05) is 20.8 Å². The summed E-state index contributed by atoms with van der Waals surface area (Å²) in [5.74, 6) is 0.677. The molecule has 1 saturated heterocycles. The molecule has 8 heteroatoms. The Morgan fingerprint density at radius 2 is 1.81 bits per heavy atom. The van der Waals surface area contributed by atoms with Gasteiger partial charge < -0.3 is 10.6 Å². The summed E-state index contributed by atoms with van der Waals surface area (Å²) in [4.78, 5) is 12.0. The highest BCUT2D eigenvalue weighted by molar-refractivity contribution is 7.89. The number of thiocarbonyl (C=S) groups is 1. The van der Waals surface area contributed by atoms with Crippen molar-refractivity contribution in [2.24, 2.45) is 11.8 Å².